The highest BCUT2D eigenvalue weighted by Gasteiger charge is 2.39. The zero-order valence-corrected chi connectivity index (χ0v) is 11.0. The van der Waals surface area contributed by atoms with Gasteiger partial charge in [-0.1, -0.05) is 0 Å². The molecule has 0 saturated carbocycles. The largest absolute Gasteiger partial charge is 0.480 e. The van der Waals surface area contributed by atoms with Crippen molar-refractivity contribution < 1.29 is 14.3 Å². The number of nitrogens with one attached hydrogen (secondary N) is 1. The van der Waals surface area contributed by atoms with Gasteiger partial charge in [-0.2, -0.15) is 11.8 Å². The van der Waals surface area contributed by atoms with E-state index in [0.29, 0.717) is 18.5 Å². The number of carboxylic acids is 1. The van der Waals surface area contributed by atoms with Crippen molar-refractivity contribution in [2.45, 2.75) is 25.3 Å². The number of carbonyl (C=O) groups is 1. The summed E-state index contributed by atoms with van der Waals surface area (Å²) in [5.41, 5.74) is 0.371. The molecule has 1 aliphatic rings. The lowest BCUT2D eigenvalue weighted by Crippen LogP contribution is -2.49. The smallest absolute Gasteiger partial charge is 0.329 e. The Hall–Kier alpha value is -1.23. The average molecular weight is 269 g/mol. The molecule has 1 aromatic rings. The molecule has 0 unspecified atom stereocenters. The molecule has 3 nitrogen and oxygen atoms in total. The number of carboxylic acid groups (broad SMARTS) is 1. The SMILES string of the molecule is Cc1cc(F)cc(NC2(C(=O)O)CCSCC2)c1. The Labute approximate surface area is 110 Å². The summed E-state index contributed by atoms with van der Waals surface area (Å²) < 4.78 is 13.3. The van der Waals surface area contributed by atoms with Crippen molar-refractivity contribution in [2.24, 2.45) is 0 Å². The molecule has 0 radical (unpaired) electrons. The highest BCUT2D eigenvalue weighted by Crippen LogP contribution is 2.31. The number of hydrogen-bond acceptors (Lipinski definition) is 3. The van der Waals surface area contributed by atoms with Crippen molar-refractivity contribution >= 4 is 23.4 Å². The molecule has 0 aliphatic carbocycles. The first-order valence-corrected chi connectivity index (χ1v) is 7.04. The summed E-state index contributed by atoms with van der Waals surface area (Å²) in [4.78, 5) is 11.5. The first-order valence-electron chi connectivity index (χ1n) is 5.88. The van der Waals surface area contributed by atoms with Crippen molar-refractivity contribution in [3.63, 3.8) is 0 Å². The highest BCUT2D eigenvalue weighted by molar-refractivity contribution is 7.99. The molecular weight excluding hydrogens is 253 g/mol. The van der Waals surface area contributed by atoms with Crippen LogP contribution in [0.25, 0.3) is 0 Å². The van der Waals surface area contributed by atoms with Gasteiger partial charge < -0.3 is 10.4 Å². The van der Waals surface area contributed by atoms with Gasteiger partial charge in [0.25, 0.3) is 0 Å². The van der Waals surface area contributed by atoms with Gasteiger partial charge in [0.05, 0.1) is 0 Å². The van der Waals surface area contributed by atoms with Gasteiger partial charge in [-0.25, -0.2) is 9.18 Å². The van der Waals surface area contributed by atoms with E-state index in [-0.39, 0.29) is 5.82 Å². The van der Waals surface area contributed by atoms with Crippen molar-refractivity contribution in [1.82, 2.24) is 0 Å². The molecule has 0 amide bonds. The lowest BCUT2D eigenvalue weighted by molar-refractivity contribution is -0.142. The van der Waals surface area contributed by atoms with E-state index in [4.69, 9.17) is 0 Å². The van der Waals surface area contributed by atoms with Gasteiger partial charge in [-0.05, 0) is 55.0 Å². The molecule has 18 heavy (non-hydrogen) atoms. The average Bonchev–Trinajstić information content (AvgIpc) is 2.28. The van der Waals surface area contributed by atoms with E-state index in [1.807, 2.05) is 0 Å². The zero-order chi connectivity index (χ0) is 13.2. The maximum atomic E-state index is 13.3. The third-order valence-electron chi connectivity index (χ3n) is 3.18. The van der Waals surface area contributed by atoms with Gasteiger partial charge in [0, 0.05) is 5.69 Å². The van der Waals surface area contributed by atoms with Crippen LogP contribution >= 0.6 is 11.8 Å². The van der Waals surface area contributed by atoms with Crippen LogP contribution in [0.4, 0.5) is 10.1 Å². The van der Waals surface area contributed by atoms with Gasteiger partial charge >= 0.3 is 5.97 Å². The van der Waals surface area contributed by atoms with Crippen LogP contribution in [0.5, 0.6) is 0 Å². The summed E-state index contributed by atoms with van der Waals surface area (Å²) in [6.45, 7) is 1.79. The van der Waals surface area contributed by atoms with Gasteiger partial charge in [0.15, 0.2) is 0 Å². The number of anilines is 1. The zero-order valence-electron chi connectivity index (χ0n) is 10.2. The summed E-state index contributed by atoms with van der Waals surface area (Å²) in [6, 6.07) is 4.55. The second-order valence-electron chi connectivity index (χ2n) is 4.64. The van der Waals surface area contributed by atoms with Crippen molar-refractivity contribution in [2.75, 3.05) is 16.8 Å². The van der Waals surface area contributed by atoms with Crippen LogP contribution in [0, 0.1) is 12.7 Å². The molecule has 1 saturated heterocycles. The van der Waals surface area contributed by atoms with Crippen molar-refractivity contribution in [3.05, 3.63) is 29.6 Å². The molecule has 1 fully saturated rings. The lowest BCUT2D eigenvalue weighted by Gasteiger charge is -2.34. The normalized spacial score (nSPS) is 18.3. The lowest BCUT2D eigenvalue weighted by atomic mass is 9.92. The number of aryl methyl sites for hydroxylation is 1. The predicted octanol–water partition coefficient (Wildman–Crippen LogP) is 2.90. The molecule has 0 atom stereocenters. The van der Waals surface area contributed by atoms with E-state index < -0.39 is 11.5 Å². The van der Waals surface area contributed by atoms with E-state index in [1.165, 1.54) is 12.1 Å². The molecule has 2 N–H and O–H groups in total. The molecule has 2 rings (SSSR count). The fourth-order valence-corrected chi connectivity index (χ4v) is 3.39. The Morgan fingerprint density at radius 3 is 2.61 bits per heavy atom. The second kappa shape index (κ2) is 5.18. The minimum atomic E-state index is -0.953. The van der Waals surface area contributed by atoms with E-state index in [2.05, 4.69) is 5.32 Å². The number of aliphatic carboxylic acids is 1. The van der Waals surface area contributed by atoms with Crippen molar-refractivity contribution in [3.8, 4) is 0 Å². The van der Waals surface area contributed by atoms with E-state index in [0.717, 1.165) is 17.1 Å². The van der Waals surface area contributed by atoms with Crippen molar-refractivity contribution in [1.29, 1.82) is 0 Å². The Bertz CT molecular complexity index is 438. The number of benzene rings is 1. The van der Waals surface area contributed by atoms with Crippen LogP contribution < -0.4 is 5.32 Å². The number of hydrogen-bond donors (Lipinski definition) is 2. The van der Waals surface area contributed by atoms with Crippen LogP contribution in [0.3, 0.4) is 0 Å². The molecule has 0 aromatic heterocycles. The Kier molecular flexibility index (Phi) is 3.80. The molecule has 1 aromatic carbocycles. The summed E-state index contributed by atoms with van der Waals surface area (Å²) in [5.74, 6) is 0.425. The summed E-state index contributed by atoms with van der Waals surface area (Å²) >= 11 is 1.75. The number of rotatable bonds is 3. The van der Waals surface area contributed by atoms with Gasteiger partial charge in [-0.15, -0.1) is 0 Å². The molecule has 98 valence electrons. The number of thioether (sulfide) groups is 1. The topological polar surface area (TPSA) is 49.3 Å². The van der Waals surface area contributed by atoms with E-state index >= 15 is 0 Å². The first-order chi connectivity index (χ1) is 8.52. The van der Waals surface area contributed by atoms with Gasteiger partial charge in [-0.3, -0.25) is 0 Å². The molecular formula is C13H16FNO2S. The van der Waals surface area contributed by atoms with Crippen LogP contribution in [-0.2, 0) is 4.79 Å². The molecule has 5 heteroatoms. The van der Waals surface area contributed by atoms with Gasteiger partial charge in [0.1, 0.15) is 11.4 Å². The molecule has 0 spiro atoms. The Balaban J connectivity index is 2.25. The maximum Gasteiger partial charge on any atom is 0.329 e. The summed E-state index contributed by atoms with van der Waals surface area (Å²) in [5, 5.41) is 12.4. The van der Waals surface area contributed by atoms with E-state index in [1.54, 1.807) is 24.8 Å². The standard InChI is InChI=1S/C13H16FNO2S/c1-9-6-10(14)8-11(7-9)15-13(12(16)17)2-4-18-5-3-13/h6-8,15H,2-5H2,1H3,(H,16,17). The monoisotopic (exact) mass is 269 g/mol. The van der Waals surface area contributed by atoms with Crippen LogP contribution in [0.2, 0.25) is 0 Å². The maximum absolute atomic E-state index is 13.3. The highest BCUT2D eigenvalue weighted by atomic mass is 32.2. The number of halogens is 1. The molecule has 1 heterocycles. The van der Waals surface area contributed by atoms with Crippen LogP contribution in [-0.4, -0.2) is 28.1 Å². The minimum absolute atomic E-state index is 0.344. The summed E-state index contributed by atoms with van der Waals surface area (Å²) in [6.07, 6.45) is 1.12. The van der Waals surface area contributed by atoms with E-state index in [9.17, 15) is 14.3 Å². The Morgan fingerprint density at radius 2 is 2.06 bits per heavy atom. The summed E-state index contributed by atoms with van der Waals surface area (Å²) in [7, 11) is 0. The molecule has 0 bridgehead atoms. The fraction of sp³-hybridized carbons (Fsp3) is 0.462. The predicted molar refractivity (Wildman–Crippen MR) is 71.7 cm³/mol. The van der Waals surface area contributed by atoms with Gasteiger partial charge in [0.2, 0.25) is 0 Å². The fourth-order valence-electron chi connectivity index (χ4n) is 2.20. The second-order valence-corrected chi connectivity index (χ2v) is 5.87. The van der Waals surface area contributed by atoms with Crippen LogP contribution in [0.1, 0.15) is 18.4 Å². The Morgan fingerprint density at radius 1 is 1.39 bits per heavy atom. The third kappa shape index (κ3) is 2.77. The quantitative estimate of drug-likeness (QED) is 0.886. The molecule has 1 aliphatic heterocycles. The minimum Gasteiger partial charge on any atom is -0.480 e. The first kappa shape index (κ1) is 13.2. The van der Waals surface area contributed by atoms with Crippen LogP contribution in [0.15, 0.2) is 18.2 Å². The third-order valence-corrected chi connectivity index (χ3v) is 4.17.